The van der Waals surface area contributed by atoms with E-state index < -0.39 is 10.8 Å². The van der Waals surface area contributed by atoms with Crippen LogP contribution in [0.2, 0.25) is 0 Å². The lowest BCUT2D eigenvalue weighted by atomic mass is 10.2. The normalized spacial score (nSPS) is 16.9. The smallest absolute Gasteiger partial charge is 0.227 e. The van der Waals surface area contributed by atoms with E-state index in [1.54, 1.807) is 6.20 Å². The lowest BCUT2D eigenvalue weighted by Crippen LogP contribution is -2.25. The van der Waals surface area contributed by atoms with Gasteiger partial charge in [-0.15, -0.1) is 0 Å². The van der Waals surface area contributed by atoms with Crippen molar-refractivity contribution in [3.05, 3.63) is 47.8 Å². The fourth-order valence-corrected chi connectivity index (χ4v) is 4.06. The molecule has 23 heavy (non-hydrogen) atoms. The molecular weight excluding hydrogens is 310 g/mol. The van der Waals surface area contributed by atoms with Gasteiger partial charge in [-0.25, -0.2) is 9.97 Å². The van der Waals surface area contributed by atoms with Crippen LogP contribution >= 0.6 is 0 Å². The number of anilines is 2. The van der Waals surface area contributed by atoms with Crippen LogP contribution in [0.15, 0.2) is 36.5 Å². The van der Waals surface area contributed by atoms with Gasteiger partial charge in [-0.3, -0.25) is 4.21 Å². The van der Waals surface area contributed by atoms with Gasteiger partial charge in [0.1, 0.15) is 0 Å². The number of nitrogens with zero attached hydrogens (tertiary/aromatic N) is 2. The monoisotopic (exact) mass is 331 g/mol. The summed E-state index contributed by atoms with van der Waals surface area (Å²) in [4.78, 5) is 8.54. The van der Waals surface area contributed by atoms with Crippen molar-refractivity contribution in [2.24, 2.45) is 0 Å². The molecule has 0 bridgehead atoms. The minimum atomic E-state index is -0.855. The van der Waals surface area contributed by atoms with E-state index in [1.165, 1.54) is 0 Å². The highest BCUT2D eigenvalue weighted by molar-refractivity contribution is 7.84. The summed E-state index contributed by atoms with van der Waals surface area (Å²) in [5.41, 5.74) is 2.89. The lowest BCUT2D eigenvalue weighted by molar-refractivity contribution is 0.0992. The third kappa shape index (κ3) is 4.59. The number of benzene rings is 1. The van der Waals surface area contributed by atoms with E-state index in [4.69, 9.17) is 4.74 Å². The highest BCUT2D eigenvalue weighted by atomic mass is 32.2. The van der Waals surface area contributed by atoms with Gasteiger partial charge in [-0.2, -0.15) is 0 Å². The van der Waals surface area contributed by atoms with Crippen LogP contribution in [-0.4, -0.2) is 32.6 Å². The van der Waals surface area contributed by atoms with Gasteiger partial charge in [0.15, 0.2) is 0 Å². The molecule has 0 saturated carbocycles. The maximum absolute atomic E-state index is 12.5. The lowest BCUT2D eigenvalue weighted by Gasteiger charge is -2.21. The average molecular weight is 331 g/mol. The SMILES string of the molecule is Cc1ccnc(Nc2cccc(CS(=O)C3CCOCC3)c2)n1. The van der Waals surface area contributed by atoms with Crippen molar-refractivity contribution < 1.29 is 8.95 Å². The van der Waals surface area contributed by atoms with E-state index in [9.17, 15) is 4.21 Å². The molecule has 2 aromatic rings. The maximum atomic E-state index is 12.5. The Morgan fingerprint density at radius 1 is 1.30 bits per heavy atom. The van der Waals surface area contributed by atoms with Crippen molar-refractivity contribution in [1.82, 2.24) is 9.97 Å². The number of aromatic nitrogens is 2. The number of nitrogens with one attached hydrogen (secondary N) is 1. The van der Waals surface area contributed by atoms with Gasteiger partial charge in [0.2, 0.25) is 5.95 Å². The Hall–Kier alpha value is -1.79. The first-order valence-electron chi connectivity index (χ1n) is 7.81. The molecule has 0 amide bonds. The molecule has 6 heteroatoms. The quantitative estimate of drug-likeness (QED) is 0.912. The topological polar surface area (TPSA) is 64.1 Å². The van der Waals surface area contributed by atoms with Crippen molar-refractivity contribution in [2.45, 2.75) is 30.8 Å². The van der Waals surface area contributed by atoms with Crippen LogP contribution in [-0.2, 0) is 21.3 Å². The molecule has 0 radical (unpaired) electrons. The van der Waals surface area contributed by atoms with E-state index in [0.717, 1.165) is 43.0 Å². The molecule has 1 aromatic heterocycles. The highest BCUT2D eigenvalue weighted by Gasteiger charge is 2.20. The van der Waals surface area contributed by atoms with Crippen LogP contribution in [0, 0.1) is 6.92 Å². The maximum Gasteiger partial charge on any atom is 0.227 e. The minimum Gasteiger partial charge on any atom is -0.381 e. The van der Waals surface area contributed by atoms with Gasteiger partial charge in [0.05, 0.1) is 0 Å². The number of hydrogen-bond donors (Lipinski definition) is 1. The van der Waals surface area contributed by atoms with Gasteiger partial charge in [-0.1, -0.05) is 12.1 Å². The van der Waals surface area contributed by atoms with Crippen LogP contribution in [0.25, 0.3) is 0 Å². The van der Waals surface area contributed by atoms with E-state index in [0.29, 0.717) is 11.7 Å². The Kier molecular flexibility index (Phi) is 5.35. The van der Waals surface area contributed by atoms with Gasteiger partial charge < -0.3 is 10.1 Å². The zero-order chi connectivity index (χ0) is 16.1. The average Bonchev–Trinajstić information content (AvgIpc) is 2.56. The highest BCUT2D eigenvalue weighted by Crippen LogP contribution is 2.20. The number of hydrogen-bond acceptors (Lipinski definition) is 5. The summed E-state index contributed by atoms with van der Waals surface area (Å²) in [7, 11) is -0.855. The minimum absolute atomic E-state index is 0.250. The first-order chi connectivity index (χ1) is 11.2. The third-order valence-corrected chi connectivity index (χ3v) is 5.66. The molecule has 5 nitrogen and oxygen atoms in total. The van der Waals surface area contributed by atoms with Gasteiger partial charge in [0, 0.05) is 52.6 Å². The summed E-state index contributed by atoms with van der Waals surface area (Å²) in [5, 5.41) is 3.45. The predicted octanol–water partition coefficient (Wildman–Crippen LogP) is 2.96. The summed E-state index contributed by atoms with van der Waals surface area (Å²) in [6.07, 6.45) is 3.51. The molecule has 2 heterocycles. The summed E-state index contributed by atoms with van der Waals surface area (Å²) in [6.45, 7) is 3.38. The van der Waals surface area contributed by atoms with Gasteiger partial charge in [0.25, 0.3) is 0 Å². The Morgan fingerprint density at radius 2 is 2.13 bits per heavy atom. The molecule has 1 atom stereocenters. The summed E-state index contributed by atoms with van der Waals surface area (Å²) < 4.78 is 17.8. The molecule has 1 aromatic carbocycles. The molecule has 0 aliphatic carbocycles. The summed E-state index contributed by atoms with van der Waals surface area (Å²) in [5.74, 6) is 1.15. The van der Waals surface area contributed by atoms with Crippen molar-refractivity contribution in [3.8, 4) is 0 Å². The van der Waals surface area contributed by atoms with Crippen molar-refractivity contribution >= 4 is 22.4 Å². The van der Waals surface area contributed by atoms with E-state index in [2.05, 4.69) is 15.3 Å². The van der Waals surface area contributed by atoms with Crippen LogP contribution in [0.4, 0.5) is 11.6 Å². The van der Waals surface area contributed by atoms with Gasteiger partial charge >= 0.3 is 0 Å². The summed E-state index contributed by atoms with van der Waals surface area (Å²) in [6, 6.07) is 9.82. The van der Waals surface area contributed by atoms with Crippen molar-refractivity contribution in [3.63, 3.8) is 0 Å². The summed E-state index contributed by atoms with van der Waals surface area (Å²) >= 11 is 0. The van der Waals surface area contributed by atoms with Gasteiger partial charge in [-0.05, 0) is 43.5 Å². The standard InChI is InChI=1S/C17H21N3O2S/c1-13-5-8-18-17(19-13)20-15-4-2-3-14(11-15)12-23(21)16-6-9-22-10-7-16/h2-5,8,11,16H,6-7,9-10,12H2,1H3,(H,18,19,20). The zero-order valence-corrected chi connectivity index (χ0v) is 14.0. The molecule has 3 rings (SSSR count). The Bertz CT molecular complexity index is 687. The molecule has 1 aliphatic heterocycles. The number of ether oxygens (including phenoxy) is 1. The van der Waals surface area contributed by atoms with Crippen LogP contribution in [0.5, 0.6) is 0 Å². The van der Waals surface area contributed by atoms with Crippen LogP contribution in [0.3, 0.4) is 0 Å². The number of aryl methyl sites for hydroxylation is 1. The molecule has 1 aliphatic rings. The largest absolute Gasteiger partial charge is 0.381 e. The molecule has 1 fully saturated rings. The first kappa shape index (κ1) is 16.1. The van der Waals surface area contributed by atoms with E-state index in [-0.39, 0.29) is 5.25 Å². The molecule has 1 saturated heterocycles. The number of rotatable bonds is 5. The van der Waals surface area contributed by atoms with Crippen LogP contribution < -0.4 is 5.32 Å². The fourth-order valence-electron chi connectivity index (χ4n) is 2.60. The van der Waals surface area contributed by atoms with E-state index in [1.807, 2.05) is 37.3 Å². The molecule has 122 valence electrons. The third-order valence-electron chi connectivity index (χ3n) is 3.83. The second kappa shape index (κ2) is 7.66. The van der Waals surface area contributed by atoms with E-state index >= 15 is 0 Å². The Balaban J connectivity index is 1.66. The van der Waals surface area contributed by atoms with Crippen LogP contribution in [0.1, 0.15) is 24.1 Å². The first-order valence-corrected chi connectivity index (χ1v) is 9.19. The van der Waals surface area contributed by atoms with Crippen molar-refractivity contribution in [2.75, 3.05) is 18.5 Å². The molecule has 0 spiro atoms. The second-order valence-electron chi connectivity index (χ2n) is 5.68. The van der Waals surface area contributed by atoms with Crippen molar-refractivity contribution in [1.29, 1.82) is 0 Å². The molecule has 1 N–H and O–H groups in total. The fraction of sp³-hybridized carbons (Fsp3) is 0.412. The predicted molar refractivity (Wildman–Crippen MR) is 92.2 cm³/mol. The Labute approximate surface area is 139 Å². The molecule has 1 unspecified atom stereocenters. The Morgan fingerprint density at radius 3 is 2.91 bits per heavy atom. The second-order valence-corrected chi connectivity index (χ2v) is 7.40. The molecular formula is C17H21N3O2S. The zero-order valence-electron chi connectivity index (χ0n) is 13.2.